The van der Waals surface area contributed by atoms with Crippen molar-refractivity contribution in [2.24, 2.45) is 5.41 Å². The van der Waals surface area contributed by atoms with Gasteiger partial charge in [0.2, 0.25) is 5.91 Å². The minimum absolute atomic E-state index is 0.0669. The van der Waals surface area contributed by atoms with Crippen molar-refractivity contribution in [3.63, 3.8) is 0 Å². The van der Waals surface area contributed by atoms with Gasteiger partial charge in [-0.1, -0.05) is 51.1 Å². The number of nitrogens with one attached hydrogen (secondary N) is 2. The van der Waals surface area contributed by atoms with E-state index < -0.39 is 5.41 Å². The smallest absolute Gasteiger partial charge is 0.225 e. The van der Waals surface area contributed by atoms with Crippen LogP contribution in [0.3, 0.4) is 0 Å². The first kappa shape index (κ1) is 19.0. The van der Waals surface area contributed by atoms with Crippen molar-refractivity contribution < 1.29 is 4.79 Å². The molecule has 0 aliphatic rings. The molecule has 0 fully saturated rings. The van der Waals surface area contributed by atoms with Crippen LogP contribution in [0.5, 0.6) is 0 Å². The molecule has 27 heavy (non-hydrogen) atoms. The van der Waals surface area contributed by atoms with Gasteiger partial charge >= 0.3 is 0 Å². The van der Waals surface area contributed by atoms with Crippen LogP contribution < -0.4 is 10.2 Å². The summed E-state index contributed by atoms with van der Waals surface area (Å²) in [4.78, 5) is 17.9. The largest absolute Gasteiger partial charge is 0.378 e. The molecule has 0 aliphatic carbocycles. The number of amides is 1. The molecule has 3 aromatic rings. The Morgan fingerprint density at radius 2 is 1.74 bits per heavy atom. The fraction of sp³-hybridized carbons (Fsp3) is 0.348. The van der Waals surface area contributed by atoms with E-state index in [0.717, 1.165) is 11.2 Å². The average Bonchev–Trinajstić information content (AvgIpc) is 3.05. The Labute approximate surface area is 161 Å². The summed E-state index contributed by atoms with van der Waals surface area (Å²) in [5, 5.41) is 4.35. The molecule has 1 heterocycles. The van der Waals surface area contributed by atoms with Crippen molar-refractivity contribution >= 4 is 22.5 Å². The molecule has 2 N–H and O–H groups in total. The lowest BCUT2D eigenvalue weighted by Gasteiger charge is -2.23. The molecule has 0 saturated carbocycles. The van der Waals surface area contributed by atoms with E-state index in [0.29, 0.717) is 6.54 Å². The van der Waals surface area contributed by atoms with Gasteiger partial charge in [-0.05, 0) is 29.3 Å². The fourth-order valence-electron chi connectivity index (χ4n) is 3.25. The first-order chi connectivity index (χ1) is 12.8. The van der Waals surface area contributed by atoms with Gasteiger partial charge in [0.25, 0.3) is 0 Å². The molecule has 0 spiro atoms. The van der Waals surface area contributed by atoms with Crippen molar-refractivity contribution in [3.8, 4) is 0 Å². The Bertz CT molecular complexity index is 917. The van der Waals surface area contributed by atoms with Crippen LogP contribution in [-0.4, -0.2) is 31.5 Å². The lowest BCUT2D eigenvalue weighted by atomic mass is 9.89. The molecule has 1 atom stereocenters. The number of hydrogen-bond donors (Lipinski definition) is 2. The molecule has 0 aliphatic heterocycles. The molecule has 0 saturated heterocycles. The number of anilines is 1. The monoisotopic (exact) mass is 363 g/mol. The molecule has 4 nitrogen and oxygen atoms in total. The number of para-hydroxylation sites is 1. The number of nitrogens with zero attached hydrogens (tertiary/aromatic N) is 1. The number of fused-ring (bicyclic) bond motifs is 1. The summed E-state index contributed by atoms with van der Waals surface area (Å²) in [5.74, 6) is 0.154. The minimum atomic E-state index is -0.403. The molecule has 0 bridgehead atoms. The van der Waals surface area contributed by atoms with Gasteiger partial charge in [0.05, 0.1) is 0 Å². The van der Waals surface area contributed by atoms with Crippen molar-refractivity contribution in [1.29, 1.82) is 0 Å². The summed E-state index contributed by atoms with van der Waals surface area (Å²) in [5.41, 5.74) is 4.27. The average molecular weight is 364 g/mol. The number of carbonyl (C=O) groups excluding carboxylic acids is 1. The number of aromatic amines is 1. The summed E-state index contributed by atoms with van der Waals surface area (Å²) in [6.45, 7) is 6.39. The van der Waals surface area contributed by atoms with E-state index in [1.165, 1.54) is 16.5 Å². The Morgan fingerprint density at radius 1 is 1.07 bits per heavy atom. The quantitative estimate of drug-likeness (QED) is 0.700. The van der Waals surface area contributed by atoms with E-state index in [-0.39, 0.29) is 11.8 Å². The normalized spacial score (nSPS) is 12.8. The van der Waals surface area contributed by atoms with Crippen LogP contribution in [0.25, 0.3) is 10.9 Å². The summed E-state index contributed by atoms with van der Waals surface area (Å²) in [7, 11) is 4.07. The molecule has 2 aromatic carbocycles. The number of hydrogen-bond acceptors (Lipinski definition) is 2. The predicted molar refractivity (Wildman–Crippen MR) is 113 cm³/mol. The third kappa shape index (κ3) is 4.16. The highest BCUT2D eigenvalue weighted by molar-refractivity contribution is 5.85. The SMILES string of the molecule is CN(C)c1ccc(C(CNC(=O)C(C)(C)C)c2c[nH]c3ccccc23)cc1. The zero-order valence-electron chi connectivity index (χ0n) is 16.8. The van der Waals surface area contributed by atoms with Gasteiger partial charge in [-0.25, -0.2) is 0 Å². The first-order valence-corrected chi connectivity index (χ1v) is 9.39. The van der Waals surface area contributed by atoms with Gasteiger partial charge in [-0.15, -0.1) is 0 Å². The second-order valence-electron chi connectivity index (χ2n) is 8.29. The van der Waals surface area contributed by atoms with E-state index in [9.17, 15) is 4.79 Å². The summed E-state index contributed by atoms with van der Waals surface area (Å²) < 4.78 is 0. The molecular formula is C23H29N3O. The Morgan fingerprint density at radius 3 is 2.37 bits per heavy atom. The maximum absolute atomic E-state index is 12.5. The van der Waals surface area contributed by atoms with Gasteiger partial charge in [-0.2, -0.15) is 0 Å². The van der Waals surface area contributed by atoms with Crippen LogP contribution >= 0.6 is 0 Å². The van der Waals surface area contributed by atoms with E-state index >= 15 is 0 Å². The number of benzene rings is 2. The molecule has 3 rings (SSSR count). The van der Waals surface area contributed by atoms with Crippen LogP contribution in [0.15, 0.2) is 54.7 Å². The molecule has 1 unspecified atom stereocenters. The second kappa shape index (κ2) is 7.47. The van der Waals surface area contributed by atoms with Gasteiger partial charge in [0.1, 0.15) is 0 Å². The molecule has 1 amide bonds. The molecule has 1 aromatic heterocycles. The maximum atomic E-state index is 12.5. The number of rotatable bonds is 5. The van der Waals surface area contributed by atoms with Crippen molar-refractivity contribution in [1.82, 2.24) is 10.3 Å². The van der Waals surface area contributed by atoms with Crippen LogP contribution in [0.1, 0.15) is 37.8 Å². The van der Waals surface area contributed by atoms with Gasteiger partial charge in [0, 0.05) is 54.8 Å². The Balaban J connectivity index is 1.97. The van der Waals surface area contributed by atoms with E-state index in [2.05, 4.69) is 63.9 Å². The Hall–Kier alpha value is -2.75. The van der Waals surface area contributed by atoms with Crippen LogP contribution in [0, 0.1) is 5.41 Å². The third-order valence-electron chi connectivity index (χ3n) is 4.96. The topological polar surface area (TPSA) is 48.1 Å². The van der Waals surface area contributed by atoms with E-state index in [1.54, 1.807) is 0 Å². The van der Waals surface area contributed by atoms with Gasteiger partial charge in [0.15, 0.2) is 0 Å². The lowest BCUT2D eigenvalue weighted by Crippen LogP contribution is -2.37. The minimum Gasteiger partial charge on any atom is -0.378 e. The number of aromatic nitrogens is 1. The van der Waals surface area contributed by atoms with Crippen molar-refractivity contribution in [2.45, 2.75) is 26.7 Å². The lowest BCUT2D eigenvalue weighted by molar-refractivity contribution is -0.128. The van der Waals surface area contributed by atoms with Crippen LogP contribution in [0.4, 0.5) is 5.69 Å². The van der Waals surface area contributed by atoms with Gasteiger partial charge in [-0.3, -0.25) is 4.79 Å². The third-order valence-corrected chi connectivity index (χ3v) is 4.96. The van der Waals surface area contributed by atoms with E-state index in [4.69, 9.17) is 0 Å². The Kier molecular flexibility index (Phi) is 5.26. The van der Waals surface area contributed by atoms with Crippen molar-refractivity contribution in [2.75, 3.05) is 25.5 Å². The van der Waals surface area contributed by atoms with Gasteiger partial charge < -0.3 is 15.2 Å². The van der Waals surface area contributed by atoms with E-state index in [1.807, 2.05) is 40.9 Å². The highest BCUT2D eigenvalue weighted by Crippen LogP contribution is 2.31. The molecule has 4 heteroatoms. The van der Waals surface area contributed by atoms with Crippen molar-refractivity contribution in [3.05, 3.63) is 65.9 Å². The number of carbonyl (C=O) groups is 1. The highest BCUT2D eigenvalue weighted by atomic mass is 16.2. The zero-order valence-corrected chi connectivity index (χ0v) is 16.8. The van der Waals surface area contributed by atoms with Crippen LogP contribution in [-0.2, 0) is 4.79 Å². The maximum Gasteiger partial charge on any atom is 0.225 e. The number of H-pyrrole nitrogens is 1. The summed E-state index contributed by atoms with van der Waals surface area (Å²) >= 11 is 0. The second-order valence-corrected chi connectivity index (χ2v) is 8.29. The fourth-order valence-corrected chi connectivity index (χ4v) is 3.25. The summed E-state index contributed by atoms with van der Waals surface area (Å²) in [6.07, 6.45) is 2.07. The highest BCUT2D eigenvalue weighted by Gasteiger charge is 2.24. The zero-order chi connectivity index (χ0) is 19.6. The molecular weight excluding hydrogens is 334 g/mol. The predicted octanol–water partition coefficient (Wildman–Crippen LogP) is 4.53. The first-order valence-electron chi connectivity index (χ1n) is 9.39. The van der Waals surface area contributed by atoms with Crippen LogP contribution in [0.2, 0.25) is 0 Å². The standard InChI is InChI=1S/C23H29N3O/c1-23(2,3)22(27)25-14-19(16-10-12-17(13-11-16)26(4)5)20-15-24-21-9-7-6-8-18(20)21/h6-13,15,19,24H,14H2,1-5H3,(H,25,27). The molecule has 0 radical (unpaired) electrons. The summed E-state index contributed by atoms with van der Waals surface area (Å²) in [6, 6.07) is 16.9. The molecule has 142 valence electrons.